The highest BCUT2D eigenvalue weighted by molar-refractivity contribution is 5.32. The van der Waals surface area contributed by atoms with Crippen molar-refractivity contribution in [2.45, 2.75) is 18.7 Å². The van der Waals surface area contributed by atoms with E-state index in [9.17, 15) is 4.39 Å². The van der Waals surface area contributed by atoms with Crippen molar-refractivity contribution >= 4 is 5.82 Å². The molecule has 1 fully saturated rings. The lowest BCUT2D eigenvalue weighted by Gasteiger charge is -2.27. The summed E-state index contributed by atoms with van der Waals surface area (Å²) in [5.41, 5.74) is 5.44. The Morgan fingerprint density at radius 1 is 1.53 bits per heavy atom. The summed E-state index contributed by atoms with van der Waals surface area (Å²) in [7, 11) is 0. The maximum absolute atomic E-state index is 13.4. The van der Waals surface area contributed by atoms with E-state index in [-0.39, 0.29) is 6.10 Å². The SMILES string of the molecule is Nc1ccc(O[C@@H]2CCNC[C@H]2F)cn1. The first-order chi connectivity index (χ1) is 7.25. The van der Waals surface area contributed by atoms with E-state index in [0.29, 0.717) is 24.5 Å². The van der Waals surface area contributed by atoms with Crippen LogP contribution in [0.3, 0.4) is 0 Å². The van der Waals surface area contributed by atoms with Crippen molar-refractivity contribution in [2.24, 2.45) is 0 Å². The molecule has 0 aromatic carbocycles. The number of anilines is 1. The Balaban J connectivity index is 1.98. The lowest BCUT2D eigenvalue weighted by molar-refractivity contribution is 0.0729. The van der Waals surface area contributed by atoms with Gasteiger partial charge in [-0.05, 0) is 25.1 Å². The standard InChI is InChI=1S/C10H14FN3O/c11-8-6-13-4-3-9(8)15-7-1-2-10(12)14-5-7/h1-2,5,8-9,13H,3-4,6H2,(H2,12,14)/t8-,9-/m1/s1. The predicted octanol–water partition coefficient (Wildman–Crippen LogP) is 0.743. The Hall–Kier alpha value is -1.36. The van der Waals surface area contributed by atoms with Crippen molar-refractivity contribution < 1.29 is 9.13 Å². The third-order valence-corrected chi connectivity index (χ3v) is 2.40. The van der Waals surface area contributed by atoms with Crippen LogP contribution in [0.1, 0.15) is 6.42 Å². The highest BCUT2D eigenvalue weighted by Gasteiger charge is 2.26. The summed E-state index contributed by atoms with van der Waals surface area (Å²) in [4.78, 5) is 3.88. The van der Waals surface area contributed by atoms with E-state index in [1.54, 1.807) is 12.1 Å². The highest BCUT2D eigenvalue weighted by atomic mass is 19.1. The Morgan fingerprint density at radius 3 is 3.07 bits per heavy atom. The van der Waals surface area contributed by atoms with E-state index in [0.717, 1.165) is 6.54 Å². The van der Waals surface area contributed by atoms with Crippen LogP contribution in [0, 0.1) is 0 Å². The molecule has 82 valence electrons. The van der Waals surface area contributed by atoms with Gasteiger partial charge in [-0.2, -0.15) is 0 Å². The van der Waals surface area contributed by atoms with E-state index in [2.05, 4.69) is 10.3 Å². The molecule has 0 amide bonds. The molecule has 2 heterocycles. The highest BCUT2D eigenvalue weighted by Crippen LogP contribution is 2.17. The number of alkyl halides is 1. The second-order valence-electron chi connectivity index (χ2n) is 3.58. The molecule has 0 aliphatic carbocycles. The quantitative estimate of drug-likeness (QED) is 0.757. The van der Waals surface area contributed by atoms with Gasteiger partial charge in [0, 0.05) is 6.54 Å². The minimum atomic E-state index is -0.962. The second-order valence-corrected chi connectivity index (χ2v) is 3.58. The van der Waals surface area contributed by atoms with Crippen molar-refractivity contribution in [3.05, 3.63) is 18.3 Å². The minimum Gasteiger partial charge on any atom is -0.486 e. The molecule has 1 saturated heterocycles. The summed E-state index contributed by atoms with van der Waals surface area (Å²) >= 11 is 0. The van der Waals surface area contributed by atoms with Gasteiger partial charge in [0.2, 0.25) is 0 Å². The molecule has 2 rings (SSSR count). The zero-order valence-electron chi connectivity index (χ0n) is 8.32. The van der Waals surface area contributed by atoms with E-state index in [1.807, 2.05) is 0 Å². The van der Waals surface area contributed by atoms with Gasteiger partial charge in [-0.25, -0.2) is 9.37 Å². The number of rotatable bonds is 2. The number of pyridine rings is 1. The molecule has 2 atom stereocenters. The van der Waals surface area contributed by atoms with Crippen molar-refractivity contribution in [3.63, 3.8) is 0 Å². The molecule has 1 aromatic heterocycles. The molecule has 15 heavy (non-hydrogen) atoms. The van der Waals surface area contributed by atoms with Gasteiger partial charge in [0.1, 0.15) is 23.8 Å². The lowest BCUT2D eigenvalue weighted by atomic mass is 10.1. The van der Waals surface area contributed by atoms with Crippen LogP contribution in [0.2, 0.25) is 0 Å². The number of hydrogen-bond acceptors (Lipinski definition) is 4. The first-order valence-electron chi connectivity index (χ1n) is 4.98. The van der Waals surface area contributed by atoms with Crippen LogP contribution in [-0.4, -0.2) is 30.3 Å². The summed E-state index contributed by atoms with van der Waals surface area (Å²) < 4.78 is 18.9. The maximum Gasteiger partial charge on any atom is 0.149 e. The number of aromatic nitrogens is 1. The summed E-state index contributed by atoms with van der Waals surface area (Å²) in [6, 6.07) is 3.35. The van der Waals surface area contributed by atoms with E-state index < -0.39 is 6.17 Å². The molecular weight excluding hydrogens is 197 g/mol. The Bertz CT molecular complexity index is 317. The molecular formula is C10H14FN3O. The fraction of sp³-hybridized carbons (Fsp3) is 0.500. The molecule has 3 N–H and O–H groups in total. The number of nitrogen functional groups attached to an aromatic ring is 1. The molecule has 1 aromatic rings. The first-order valence-corrected chi connectivity index (χ1v) is 4.98. The molecule has 4 nitrogen and oxygen atoms in total. The summed E-state index contributed by atoms with van der Waals surface area (Å²) in [5, 5.41) is 2.97. The van der Waals surface area contributed by atoms with Gasteiger partial charge in [-0.3, -0.25) is 0 Å². The molecule has 5 heteroatoms. The van der Waals surface area contributed by atoms with Gasteiger partial charge < -0.3 is 15.8 Å². The van der Waals surface area contributed by atoms with Crippen molar-refractivity contribution in [3.8, 4) is 5.75 Å². The van der Waals surface area contributed by atoms with Crippen LogP contribution in [0.15, 0.2) is 18.3 Å². The maximum atomic E-state index is 13.4. The number of nitrogens with two attached hydrogens (primary N) is 1. The Morgan fingerprint density at radius 2 is 2.40 bits per heavy atom. The fourth-order valence-corrected chi connectivity index (χ4v) is 1.57. The first kappa shape index (κ1) is 10.2. The van der Waals surface area contributed by atoms with Crippen LogP contribution in [0.4, 0.5) is 10.2 Å². The summed E-state index contributed by atoms with van der Waals surface area (Å²) in [6.07, 6.45) is 0.850. The monoisotopic (exact) mass is 211 g/mol. The second kappa shape index (κ2) is 4.44. The summed E-state index contributed by atoms with van der Waals surface area (Å²) in [5.74, 6) is 1.00. The van der Waals surface area contributed by atoms with Crippen LogP contribution in [-0.2, 0) is 0 Å². The fourth-order valence-electron chi connectivity index (χ4n) is 1.57. The number of hydrogen-bond donors (Lipinski definition) is 2. The van der Waals surface area contributed by atoms with Gasteiger partial charge in [0.05, 0.1) is 6.20 Å². The van der Waals surface area contributed by atoms with Gasteiger partial charge in [-0.1, -0.05) is 0 Å². The smallest absolute Gasteiger partial charge is 0.149 e. The molecule has 0 bridgehead atoms. The van der Waals surface area contributed by atoms with E-state index in [4.69, 9.17) is 10.5 Å². The van der Waals surface area contributed by atoms with Gasteiger partial charge in [0.15, 0.2) is 0 Å². The molecule has 0 radical (unpaired) electrons. The molecule has 1 aliphatic rings. The van der Waals surface area contributed by atoms with Crippen LogP contribution in [0.25, 0.3) is 0 Å². The zero-order valence-corrected chi connectivity index (χ0v) is 8.32. The number of ether oxygens (including phenoxy) is 1. The van der Waals surface area contributed by atoms with Gasteiger partial charge in [-0.15, -0.1) is 0 Å². The van der Waals surface area contributed by atoms with Crippen LogP contribution in [0.5, 0.6) is 5.75 Å². The van der Waals surface area contributed by atoms with Crippen LogP contribution >= 0.6 is 0 Å². The molecule has 0 spiro atoms. The summed E-state index contributed by atoms with van der Waals surface area (Å²) in [6.45, 7) is 1.14. The molecule has 0 saturated carbocycles. The predicted molar refractivity (Wildman–Crippen MR) is 55.4 cm³/mol. The van der Waals surface area contributed by atoms with Crippen molar-refractivity contribution in [2.75, 3.05) is 18.8 Å². The number of nitrogens with one attached hydrogen (secondary N) is 1. The third-order valence-electron chi connectivity index (χ3n) is 2.40. The van der Waals surface area contributed by atoms with Gasteiger partial charge >= 0.3 is 0 Å². The largest absolute Gasteiger partial charge is 0.486 e. The minimum absolute atomic E-state index is 0.354. The van der Waals surface area contributed by atoms with Gasteiger partial charge in [0.25, 0.3) is 0 Å². The van der Waals surface area contributed by atoms with E-state index >= 15 is 0 Å². The Kier molecular flexibility index (Phi) is 3.01. The average Bonchev–Trinajstić information content (AvgIpc) is 2.25. The third kappa shape index (κ3) is 2.56. The normalized spacial score (nSPS) is 26.2. The van der Waals surface area contributed by atoms with Crippen molar-refractivity contribution in [1.82, 2.24) is 10.3 Å². The Labute approximate surface area is 87.6 Å². The topological polar surface area (TPSA) is 60.2 Å². The molecule has 0 unspecified atom stereocenters. The number of nitrogens with zero attached hydrogens (tertiary/aromatic N) is 1. The van der Waals surface area contributed by atoms with Crippen LogP contribution < -0.4 is 15.8 Å². The lowest BCUT2D eigenvalue weighted by Crippen LogP contribution is -2.44. The van der Waals surface area contributed by atoms with Crippen molar-refractivity contribution in [1.29, 1.82) is 0 Å². The molecule has 1 aliphatic heterocycles. The average molecular weight is 211 g/mol. The number of piperidine rings is 1. The zero-order chi connectivity index (χ0) is 10.7. The number of halogens is 1. The van der Waals surface area contributed by atoms with E-state index in [1.165, 1.54) is 6.20 Å².